The molecule has 0 heterocycles. The summed E-state index contributed by atoms with van der Waals surface area (Å²) in [6, 6.07) is 8.36. The molecule has 3 nitrogen and oxygen atoms in total. The Morgan fingerprint density at radius 2 is 1.84 bits per heavy atom. The Bertz CT molecular complexity index is 394. The summed E-state index contributed by atoms with van der Waals surface area (Å²) in [5, 5.41) is 9.16. The maximum Gasteiger partial charge on any atom is 0.228 e. The molecule has 1 unspecified atom stereocenters. The number of aliphatic hydroxyl groups is 1. The molecule has 106 valence electrons. The highest BCUT2D eigenvalue weighted by Gasteiger charge is 2.19. The van der Waals surface area contributed by atoms with E-state index in [1.165, 1.54) is 5.56 Å². The van der Waals surface area contributed by atoms with Gasteiger partial charge in [0.05, 0.1) is 12.5 Å². The monoisotopic (exact) mass is 263 g/mol. The van der Waals surface area contributed by atoms with E-state index in [0.29, 0.717) is 18.9 Å². The van der Waals surface area contributed by atoms with Gasteiger partial charge >= 0.3 is 0 Å². The molecule has 0 aliphatic carbocycles. The van der Waals surface area contributed by atoms with Crippen LogP contribution in [0.2, 0.25) is 0 Å². The third kappa shape index (κ3) is 4.35. The zero-order chi connectivity index (χ0) is 14.4. The van der Waals surface area contributed by atoms with Crippen molar-refractivity contribution in [2.45, 2.75) is 39.7 Å². The number of rotatable bonds is 6. The van der Waals surface area contributed by atoms with Gasteiger partial charge in [-0.05, 0) is 23.5 Å². The van der Waals surface area contributed by atoms with Gasteiger partial charge in [-0.25, -0.2) is 0 Å². The largest absolute Gasteiger partial charge is 0.396 e. The minimum Gasteiger partial charge on any atom is -0.396 e. The smallest absolute Gasteiger partial charge is 0.228 e. The van der Waals surface area contributed by atoms with Crippen LogP contribution in [0.3, 0.4) is 0 Å². The predicted octanol–water partition coefficient (Wildman–Crippen LogP) is 2.79. The summed E-state index contributed by atoms with van der Waals surface area (Å²) >= 11 is 0. The summed E-state index contributed by atoms with van der Waals surface area (Å²) < 4.78 is 0. The van der Waals surface area contributed by atoms with Crippen molar-refractivity contribution in [3.63, 3.8) is 0 Å². The lowest BCUT2D eigenvalue weighted by molar-refractivity contribution is -0.136. The van der Waals surface area contributed by atoms with Crippen molar-refractivity contribution < 1.29 is 9.90 Å². The van der Waals surface area contributed by atoms with Crippen molar-refractivity contribution >= 4 is 5.91 Å². The molecule has 1 rings (SSSR count). The minimum atomic E-state index is -0.278. The fourth-order valence-electron chi connectivity index (χ4n) is 2.05. The summed E-state index contributed by atoms with van der Waals surface area (Å²) in [6.07, 6.45) is 0.673. The van der Waals surface area contributed by atoms with Crippen LogP contribution < -0.4 is 0 Å². The quantitative estimate of drug-likeness (QED) is 0.857. The molecular formula is C16H25NO2. The van der Waals surface area contributed by atoms with Gasteiger partial charge in [-0.1, -0.05) is 45.0 Å². The Hall–Kier alpha value is -1.35. The molecule has 1 N–H and O–H groups in total. The van der Waals surface area contributed by atoms with Crippen LogP contribution in [0.25, 0.3) is 0 Å². The first-order valence-corrected chi connectivity index (χ1v) is 6.94. The molecule has 1 aromatic carbocycles. The summed E-state index contributed by atoms with van der Waals surface area (Å²) in [4.78, 5) is 13.7. The standard InChI is InChI=1S/C16H25NO2/c1-5-14(11-18)16(19)17(4)10-13-6-8-15(9-7-13)12(2)3/h6-9,12,14,18H,5,10-11H2,1-4H3. The molecule has 0 bridgehead atoms. The second kappa shape index (κ2) is 7.29. The fraction of sp³-hybridized carbons (Fsp3) is 0.562. The first-order chi connectivity index (χ1) is 8.99. The third-order valence-electron chi connectivity index (χ3n) is 3.50. The van der Waals surface area contributed by atoms with E-state index in [-0.39, 0.29) is 18.4 Å². The number of amides is 1. The Kier molecular flexibility index (Phi) is 6.03. The summed E-state index contributed by atoms with van der Waals surface area (Å²) in [7, 11) is 1.79. The molecule has 1 amide bonds. The van der Waals surface area contributed by atoms with Crippen LogP contribution in [-0.4, -0.2) is 29.6 Å². The number of benzene rings is 1. The number of hydrogen-bond donors (Lipinski definition) is 1. The molecule has 0 aliphatic heterocycles. The van der Waals surface area contributed by atoms with Crippen molar-refractivity contribution in [3.8, 4) is 0 Å². The molecule has 0 saturated heterocycles. The van der Waals surface area contributed by atoms with E-state index in [9.17, 15) is 4.79 Å². The molecule has 0 aliphatic rings. The fourth-order valence-corrected chi connectivity index (χ4v) is 2.05. The normalized spacial score (nSPS) is 12.5. The van der Waals surface area contributed by atoms with E-state index < -0.39 is 0 Å². The Balaban J connectivity index is 2.66. The molecule has 3 heteroatoms. The summed E-state index contributed by atoms with van der Waals surface area (Å²) in [5.74, 6) is 0.255. The highest BCUT2D eigenvalue weighted by Crippen LogP contribution is 2.16. The summed E-state index contributed by atoms with van der Waals surface area (Å²) in [5.41, 5.74) is 2.42. The van der Waals surface area contributed by atoms with Crippen molar-refractivity contribution in [2.75, 3.05) is 13.7 Å². The number of hydrogen-bond acceptors (Lipinski definition) is 2. The molecule has 0 saturated carbocycles. The average molecular weight is 263 g/mol. The molecule has 1 atom stereocenters. The SMILES string of the molecule is CCC(CO)C(=O)N(C)Cc1ccc(C(C)C)cc1. The van der Waals surface area contributed by atoms with Crippen LogP contribution in [0.5, 0.6) is 0 Å². The second-order valence-electron chi connectivity index (χ2n) is 5.38. The molecule has 0 fully saturated rings. The molecular weight excluding hydrogens is 238 g/mol. The van der Waals surface area contributed by atoms with Crippen molar-refractivity contribution in [1.29, 1.82) is 0 Å². The lowest BCUT2D eigenvalue weighted by Crippen LogP contribution is -2.33. The maximum atomic E-state index is 12.1. The van der Waals surface area contributed by atoms with Gasteiger partial charge in [-0.15, -0.1) is 0 Å². The van der Waals surface area contributed by atoms with Crippen molar-refractivity contribution in [2.24, 2.45) is 5.92 Å². The minimum absolute atomic E-state index is 0.0120. The van der Waals surface area contributed by atoms with Gasteiger partial charge in [0.1, 0.15) is 0 Å². The third-order valence-corrected chi connectivity index (χ3v) is 3.50. The Morgan fingerprint density at radius 3 is 2.26 bits per heavy atom. The van der Waals surface area contributed by atoms with Gasteiger partial charge in [0.2, 0.25) is 5.91 Å². The Morgan fingerprint density at radius 1 is 1.26 bits per heavy atom. The summed E-state index contributed by atoms with van der Waals surface area (Å²) in [6.45, 7) is 6.76. The molecule has 1 aromatic rings. The highest BCUT2D eigenvalue weighted by molar-refractivity contribution is 5.78. The first-order valence-electron chi connectivity index (χ1n) is 6.94. The van der Waals surface area contributed by atoms with E-state index in [2.05, 4.69) is 38.1 Å². The number of carbonyl (C=O) groups is 1. The second-order valence-corrected chi connectivity index (χ2v) is 5.38. The van der Waals surface area contributed by atoms with Gasteiger partial charge in [0, 0.05) is 13.6 Å². The molecule has 0 aromatic heterocycles. The molecule has 19 heavy (non-hydrogen) atoms. The van der Waals surface area contributed by atoms with Crippen molar-refractivity contribution in [1.82, 2.24) is 4.90 Å². The van der Waals surface area contributed by atoms with Gasteiger partial charge in [-0.3, -0.25) is 4.79 Å². The lowest BCUT2D eigenvalue weighted by atomic mass is 10.0. The van der Waals surface area contributed by atoms with Gasteiger partial charge in [-0.2, -0.15) is 0 Å². The van der Waals surface area contributed by atoms with Gasteiger partial charge in [0.15, 0.2) is 0 Å². The van der Waals surface area contributed by atoms with Crippen LogP contribution in [0, 0.1) is 5.92 Å². The predicted molar refractivity (Wildman–Crippen MR) is 77.9 cm³/mol. The average Bonchev–Trinajstić information content (AvgIpc) is 2.40. The van der Waals surface area contributed by atoms with Gasteiger partial charge < -0.3 is 10.0 Å². The van der Waals surface area contributed by atoms with Crippen LogP contribution >= 0.6 is 0 Å². The Labute approximate surface area is 116 Å². The lowest BCUT2D eigenvalue weighted by Gasteiger charge is -2.22. The molecule has 0 radical (unpaired) electrons. The molecule has 0 spiro atoms. The van der Waals surface area contributed by atoms with E-state index in [4.69, 9.17) is 5.11 Å². The van der Waals surface area contributed by atoms with Gasteiger partial charge in [0.25, 0.3) is 0 Å². The van der Waals surface area contributed by atoms with E-state index in [0.717, 1.165) is 5.56 Å². The van der Waals surface area contributed by atoms with E-state index in [1.807, 2.05) is 6.92 Å². The zero-order valence-corrected chi connectivity index (χ0v) is 12.4. The first kappa shape index (κ1) is 15.7. The van der Waals surface area contributed by atoms with Crippen LogP contribution in [-0.2, 0) is 11.3 Å². The van der Waals surface area contributed by atoms with Crippen LogP contribution in [0.4, 0.5) is 0 Å². The topological polar surface area (TPSA) is 40.5 Å². The van der Waals surface area contributed by atoms with E-state index >= 15 is 0 Å². The van der Waals surface area contributed by atoms with Crippen LogP contribution in [0.1, 0.15) is 44.2 Å². The van der Waals surface area contributed by atoms with E-state index in [1.54, 1.807) is 11.9 Å². The van der Waals surface area contributed by atoms with Crippen molar-refractivity contribution in [3.05, 3.63) is 35.4 Å². The van der Waals surface area contributed by atoms with Crippen LogP contribution in [0.15, 0.2) is 24.3 Å². The zero-order valence-electron chi connectivity index (χ0n) is 12.4. The highest BCUT2D eigenvalue weighted by atomic mass is 16.3. The number of carbonyl (C=O) groups excluding carboxylic acids is 1. The number of aliphatic hydroxyl groups excluding tert-OH is 1. The maximum absolute atomic E-state index is 12.1. The number of nitrogens with zero attached hydrogens (tertiary/aromatic N) is 1.